The maximum absolute atomic E-state index is 12.7. The predicted octanol–water partition coefficient (Wildman–Crippen LogP) is 3.14. The van der Waals surface area contributed by atoms with Gasteiger partial charge in [0.05, 0.1) is 11.1 Å². The monoisotopic (exact) mass is 237 g/mol. The molecule has 0 radical (unpaired) electrons. The molecule has 0 spiro atoms. The molecule has 0 saturated carbocycles. The third-order valence-electron chi connectivity index (χ3n) is 2.14. The predicted molar refractivity (Wildman–Crippen MR) is 64.2 cm³/mol. The van der Waals surface area contributed by atoms with Gasteiger partial charge < -0.3 is 4.84 Å². The van der Waals surface area contributed by atoms with E-state index in [9.17, 15) is 9.18 Å². The Morgan fingerprint density at radius 3 is 2.24 bits per heavy atom. The van der Waals surface area contributed by atoms with Gasteiger partial charge in [-0.05, 0) is 45.4 Å². The van der Waals surface area contributed by atoms with Crippen LogP contribution in [0.1, 0.15) is 33.3 Å². The minimum absolute atomic E-state index is 0.312. The quantitative estimate of drug-likeness (QED) is 0.450. The van der Waals surface area contributed by atoms with E-state index >= 15 is 0 Å². The van der Waals surface area contributed by atoms with Crippen molar-refractivity contribution in [3.05, 3.63) is 35.6 Å². The lowest BCUT2D eigenvalue weighted by Crippen LogP contribution is -2.21. The minimum atomic E-state index is -0.591. The highest BCUT2D eigenvalue weighted by atomic mass is 19.1. The van der Waals surface area contributed by atoms with E-state index in [1.165, 1.54) is 12.1 Å². The number of hydrogen-bond acceptors (Lipinski definition) is 3. The summed E-state index contributed by atoms with van der Waals surface area (Å²) in [6.07, 6.45) is 0. The number of rotatable bonds is 2. The Morgan fingerprint density at radius 2 is 1.76 bits per heavy atom. The molecule has 0 bridgehead atoms. The summed E-state index contributed by atoms with van der Waals surface area (Å²) >= 11 is 0. The van der Waals surface area contributed by atoms with Gasteiger partial charge in [-0.1, -0.05) is 17.3 Å². The van der Waals surface area contributed by atoms with Gasteiger partial charge >= 0.3 is 5.97 Å². The van der Waals surface area contributed by atoms with Crippen LogP contribution in [0.15, 0.2) is 29.4 Å². The molecular weight excluding hydrogens is 221 g/mol. The van der Waals surface area contributed by atoms with Crippen LogP contribution in [0.4, 0.5) is 4.39 Å². The molecule has 1 rings (SSSR count). The number of carbonyl (C=O) groups is 1. The fourth-order valence-electron chi connectivity index (χ4n) is 0.991. The topological polar surface area (TPSA) is 38.7 Å². The van der Waals surface area contributed by atoms with E-state index in [1.807, 2.05) is 0 Å². The van der Waals surface area contributed by atoms with Crippen molar-refractivity contribution in [1.82, 2.24) is 0 Å². The highest BCUT2D eigenvalue weighted by molar-refractivity contribution is 5.98. The Morgan fingerprint density at radius 1 is 1.24 bits per heavy atom. The SMILES string of the molecule is C/C(=N\OC(=O)C(C)(C)C)c1ccc(F)cc1. The highest BCUT2D eigenvalue weighted by Crippen LogP contribution is 2.15. The zero-order chi connectivity index (χ0) is 13.1. The molecule has 0 saturated heterocycles. The Hall–Kier alpha value is -1.71. The van der Waals surface area contributed by atoms with Gasteiger partial charge in [0.2, 0.25) is 0 Å². The largest absolute Gasteiger partial charge is 0.340 e. The highest BCUT2D eigenvalue weighted by Gasteiger charge is 2.23. The molecule has 1 aromatic rings. The maximum Gasteiger partial charge on any atom is 0.340 e. The second kappa shape index (κ2) is 5.08. The molecular formula is C13H16FNO2. The second-order valence-electron chi connectivity index (χ2n) is 4.81. The molecule has 17 heavy (non-hydrogen) atoms. The Bertz CT molecular complexity index is 430. The smallest absolute Gasteiger partial charge is 0.317 e. The molecule has 0 aliphatic carbocycles. The third-order valence-corrected chi connectivity index (χ3v) is 2.14. The summed E-state index contributed by atoms with van der Waals surface area (Å²) < 4.78 is 12.7. The molecule has 0 unspecified atom stereocenters. The van der Waals surface area contributed by atoms with E-state index < -0.39 is 11.4 Å². The minimum Gasteiger partial charge on any atom is -0.317 e. The van der Waals surface area contributed by atoms with E-state index in [-0.39, 0.29) is 5.82 Å². The van der Waals surface area contributed by atoms with Crippen LogP contribution in [0.2, 0.25) is 0 Å². The fourth-order valence-corrected chi connectivity index (χ4v) is 0.991. The van der Waals surface area contributed by atoms with Crippen LogP contribution >= 0.6 is 0 Å². The lowest BCUT2D eigenvalue weighted by molar-refractivity contribution is -0.152. The summed E-state index contributed by atoms with van der Waals surface area (Å²) in [6.45, 7) is 6.94. The van der Waals surface area contributed by atoms with E-state index in [1.54, 1.807) is 39.8 Å². The van der Waals surface area contributed by atoms with Gasteiger partial charge in [0.1, 0.15) is 5.82 Å². The van der Waals surface area contributed by atoms with Crippen molar-refractivity contribution in [3.63, 3.8) is 0 Å². The van der Waals surface area contributed by atoms with Crippen molar-refractivity contribution < 1.29 is 14.0 Å². The van der Waals surface area contributed by atoms with Crippen LogP contribution in [0.5, 0.6) is 0 Å². The number of hydrogen-bond donors (Lipinski definition) is 0. The summed E-state index contributed by atoms with van der Waals surface area (Å²) in [5, 5.41) is 3.74. The van der Waals surface area contributed by atoms with Gasteiger partial charge in [-0.15, -0.1) is 0 Å². The van der Waals surface area contributed by atoms with Gasteiger partial charge in [-0.25, -0.2) is 9.18 Å². The van der Waals surface area contributed by atoms with E-state index in [4.69, 9.17) is 4.84 Å². The van der Waals surface area contributed by atoms with Crippen molar-refractivity contribution in [3.8, 4) is 0 Å². The molecule has 4 heteroatoms. The van der Waals surface area contributed by atoms with Crippen LogP contribution in [0, 0.1) is 11.2 Å². The van der Waals surface area contributed by atoms with Gasteiger partial charge in [0, 0.05) is 0 Å². The van der Waals surface area contributed by atoms with Crippen molar-refractivity contribution in [2.75, 3.05) is 0 Å². The van der Waals surface area contributed by atoms with E-state index in [0.29, 0.717) is 11.3 Å². The molecule has 0 aliphatic heterocycles. The summed E-state index contributed by atoms with van der Waals surface area (Å²) in [6, 6.07) is 5.83. The standard InChI is InChI=1S/C13H16FNO2/c1-9(10-5-7-11(14)8-6-10)15-17-12(16)13(2,3)4/h5-8H,1-4H3/b15-9+. The average molecular weight is 237 g/mol. The molecule has 0 N–H and O–H groups in total. The Labute approximate surface area is 100 Å². The molecule has 0 fully saturated rings. The molecule has 1 aromatic carbocycles. The lowest BCUT2D eigenvalue weighted by atomic mass is 9.98. The molecule has 0 aliphatic rings. The zero-order valence-electron chi connectivity index (χ0n) is 10.5. The van der Waals surface area contributed by atoms with Crippen LogP contribution in [0.25, 0.3) is 0 Å². The van der Waals surface area contributed by atoms with Gasteiger partial charge in [-0.3, -0.25) is 0 Å². The van der Waals surface area contributed by atoms with Crippen LogP contribution in [-0.2, 0) is 9.63 Å². The molecule has 3 nitrogen and oxygen atoms in total. The van der Waals surface area contributed by atoms with Gasteiger partial charge in [0.25, 0.3) is 0 Å². The number of benzene rings is 1. The number of nitrogens with zero attached hydrogens (tertiary/aromatic N) is 1. The van der Waals surface area contributed by atoms with Crippen molar-refractivity contribution in [1.29, 1.82) is 0 Å². The molecule has 92 valence electrons. The summed E-state index contributed by atoms with van der Waals surface area (Å²) in [7, 11) is 0. The lowest BCUT2D eigenvalue weighted by Gasteiger charge is -2.13. The number of halogens is 1. The van der Waals surface area contributed by atoms with Crippen LogP contribution in [-0.4, -0.2) is 11.7 Å². The Kier molecular flexibility index (Phi) is 3.99. The first kappa shape index (κ1) is 13.4. The first-order chi connectivity index (χ1) is 7.80. The van der Waals surface area contributed by atoms with Gasteiger partial charge in [-0.2, -0.15) is 0 Å². The van der Waals surface area contributed by atoms with E-state index in [0.717, 1.165) is 0 Å². The van der Waals surface area contributed by atoms with Gasteiger partial charge in [0.15, 0.2) is 0 Å². The first-order valence-electron chi connectivity index (χ1n) is 5.32. The third kappa shape index (κ3) is 3.98. The summed E-state index contributed by atoms with van der Waals surface area (Å²) in [5.74, 6) is -0.716. The first-order valence-corrected chi connectivity index (χ1v) is 5.32. The Balaban J connectivity index is 2.74. The van der Waals surface area contributed by atoms with Crippen LogP contribution < -0.4 is 0 Å². The van der Waals surface area contributed by atoms with Crippen molar-refractivity contribution in [2.45, 2.75) is 27.7 Å². The van der Waals surface area contributed by atoms with Crippen molar-refractivity contribution >= 4 is 11.7 Å². The molecule has 0 aromatic heterocycles. The molecule has 0 heterocycles. The van der Waals surface area contributed by atoms with Crippen molar-refractivity contribution in [2.24, 2.45) is 10.6 Å². The molecule has 0 amide bonds. The summed E-state index contributed by atoms with van der Waals surface area (Å²) in [4.78, 5) is 16.3. The number of oxime groups is 1. The zero-order valence-corrected chi connectivity index (χ0v) is 10.5. The number of carbonyl (C=O) groups excluding carboxylic acids is 1. The average Bonchev–Trinajstić information content (AvgIpc) is 2.25. The normalized spacial score (nSPS) is 12.4. The fraction of sp³-hybridized carbons (Fsp3) is 0.385. The second-order valence-corrected chi connectivity index (χ2v) is 4.81. The van der Waals surface area contributed by atoms with Crippen LogP contribution in [0.3, 0.4) is 0 Å². The maximum atomic E-state index is 12.7. The summed E-state index contributed by atoms with van der Waals surface area (Å²) in [5.41, 5.74) is 0.655. The van der Waals surface area contributed by atoms with E-state index in [2.05, 4.69) is 5.16 Å². The molecule has 0 atom stereocenters.